The van der Waals surface area contributed by atoms with E-state index in [0.717, 1.165) is 41.9 Å². The van der Waals surface area contributed by atoms with Crippen molar-refractivity contribution in [2.75, 3.05) is 6.26 Å². The van der Waals surface area contributed by atoms with Gasteiger partial charge in [-0.05, 0) is 59.4 Å². The van der Waals surface area contributed by atoms with Crippen LogP contribution in [-0.2, 0) is 16.0 Å². The maximum absolute atomic E-state index is 13.3. The van der Waals surface area contributed by atoms with Crippen molar-refractivity contribution in [2.24, 2.45) is 5.41 Å². The molecule has 0 unspecified atom stereocenters. The SMILES string of the molecule is CS(=O)(=O)c1ccc(C2=CC3(C=C2c2ccc(Br)c(C(F)(F)F)c2)CC3)cc1. The molecule has 2 aromatic carbocycles. The maximum Gasteiger partial charge on any atom is 0.417 e. The van der Waals surface area contributed by atoms with Crippen LogP contribution in [-0.4, -0.2) is 14.7 Å². The zero-order valence-electron chi connectivity index (χ0n) is 14.8. The lowest BCUT2D eigenvalue weighted by Gasteiger charge is -2.14. The Hall–Kier alpha value is -1.86. The number of benzene rings is 2. The molecule has 2 aromatic rings. The van der Waals surface area contributed by atoms with Crippen molar-refractivity contribution in [1.29, 1.82) is 0 Å². The highest BCUT2D eigenvalue weighted by Gasteiger charge is 2.43. The molecule has 0 amide bonds. The van der Waals surface area contributed by atoms with Crippen LogP contribution >= 0.6 is 15.9 Å². The van der Waals surface area contributed by atoms with Crippen LogP contribution in [0.1, 0.15) is 29.5 Å². The van der Waals surface area contributed by atoms with Crippen LogP contribution in [0.2, 0.25) is 0 Å². The standard InChI is InChI=1S/C21H16BrF3O2S/c1-28(26,27)15-5-2-13(3-6-15)16-11-20(8-9-20)12-17(16)14-4-7-19(22)18(10-14)21(23,24)25/h2-7,10-12H,8-9H2,1H3. The molecular weight excluding hydrogens is 453 g/mol. The second-order valence-electron chi connectivity index (χ2n) is 7.34. The largest absolute Gasteiger partial charge is 0.417 e. The number of halogens is 4. The normalized spacial score (nSPS) is 18.2. The molecule has 0 saturated heterocycles. The lowest BCUT2D eigenvalue weighted by atomic mass is 9.94. The Labute approximate surface area is 169 Å². The fraction of sp³-hybridized carbons (Fsp3) is 0.238. The van der Waals surface area contributed by atoms with Crippen molar-refractivity contribution in [3.8, 4) is 0 Å². The van der Waals surface area contributed by atoms with E-state index in [1.54, 1.807) is 18.2 Å². The lowest BCUT2D eigenvalue weighted by molar-refractivity contribution is -0.138. The van der Waals surface area contributed by atoms with Crippen molar-refractivity contribution in [1.82, 2.24) is 0 Å². The zero-order chi connectivity index (χ0) is 20.3. The second kappa shape index (κ2) is 6.32. The van der Waals surface area contributed by atoms with Gasteiger partial charge in [-0.3, -0.25) is 0 Å². The third kappa shape index (κ3) is 3.57. The van der Waals surface area contributed by atoms with Gasteiger partial charge in [0.2, 0.25) is 0 Å². The molecule has 4 rings (SSSR count). The molecule has 0 heterocycles. The number of alkyl halides is 3. The number of rotatable bonds is 3. The van der Waals surface area contributed by atoms with E-state index in [1.807, 2.05) is 6.08 Å². The Morgan fingerprint density at radius 1 is 0.929 bits per heavy atom. The number of hydrogen-bond donors (Lipinski definition) is 0. The Bertz CT molecular complexity index is 1120. The summed E-state index contributed by atoms with van der Waals surface area (Å²) in [5.74, 6) is 0. The molecule has 1 saturated carbocycles. The molecule has 2 aliphatic rings. The van der Waals surface area contributed by atoms with Crippen LogP contribution in [0.5, 0.6) is 0 Å². The highest BCUT2D eigenvalue weighted by Crippen LogP contribution is 2.58. The third-order valence-corrected chi connectivity index (χ3v) is 6.98. The van der Waals surface area contributed by atoms with Crippen molar-refractivity contribution < 1.29 is 21.6 Å². The van der Waals surface area contributed by atoms with Crippen molar-refractivity contribution in [2.45, 2.75) is 23.9 Å². The van der Waals surface area contributed by atoms with E-state index in [2.05, 4.69) is 22.0 Å². The first kappa shape index (κ1) is 19.5. The smallest absolute Gasteiger partial charge is 0.224 e. The van der Waals surface area contributed by atoms with E-state index >= 15 is 0 Å². The minimum atomic E-state index is -4.45. The molecular formula is C21H16BrF3O2S. The summed E-state index contributed by atoms with van der Waals surface area (Å²) in [6.07, 6.45) is 2.74. The highest BCUT2D eigenvalue weighted by molar-refractivity contribution is 9.10. The van der Waals surface area contributed by atoms with Gasteiger partial charge >= 0.3 is 6.18 Å². The average Bonchev–Trinajstić information content (AvgIpc) is 3.25. The third-order valence-electron chi connectivity index (χ3n) is 5.16. The van der Waals surface area contributed by atoms with Gasteiger partial charge in [-0.2, -0.15) is 13.2 Å². The number of allylic oxidation sites excluding steroid dienone is 4. The number of hydrogen-bond acceptors (Lipinski definition) is 2. The van der Waals surface area contributed by atoms with Gasteiger partial charge in [-0.15, -0.1) is 0 Å². The van der Waals surface area contributed by atoms with E-state index in [1.165, 1.54) is 18.2 Å². The first-order valence-corrected chi connectivity index (χ1v) is 11.3. The van der Waals surface area contributed by atoms with E-state index in [-0.39, 0.29) is 14.8 Å². The average molecular weight is 469 g/mol. The van der Waals surface area contributed by atoms with Gasteiger partial charge in [-0.25, -0.2) is 8.42 Å². The fourth-order valence-corrected chi connectivity index (χ4v) is 4.58. The van der Waals surface area contributed by atoms with Crippen LogP contribution in [0, 0.1) is 5.41 Å². The van der Waals surface area contributed by atoms with Crippen LogP contribution in [0.15, 0.2) is 64.0 Å². The van der Waals surface area contributed by atoms with Crippen LogP contribution in [0.4, 0.5) is 13.2 Å². The quantitative estimate of drug-likeness (QED) is 0.542. The molecule has 0 aromatic heterocycles. The Balaban J connectivity index is 1.79. The molecule has 2 aliphatic carbocycles. The summed E-state index contributed by atoms with van der Waals surface area (Å²) in [6, 6.07) is 10.7. The lowest BCUT2D eigenvalue weighted by Crippen LogP contribution is -2.06. The predicted molar refractivity (Wildman–Crippen MR) is 106 cm³/mol. The van der Waals surface area contributed by atoms with Gasteiger partial charge in [0.25, 0.3) is 0 Å². The highest BCUT2D eigenvalue weighted by atomic mass is 79.9. The zero-order valence-corrected chi connectivity index (χ0v) is 17.2. The minimum absolute atomic E-state index is 0.00603. The van der Waals surface area contributed by atoms with E-state index < -0.39 is 21.6 Å². The Kier molecular flexibility index (Phi) is 4.39. The minimum Gasteiger partial charge on any atom is -0.224 e. The summed E-state index contributed by atoms with van der Waals surface area (Å²) in [5, 5.41) is 0. The monoisotopic (exact) mass is 468 g/mol. The molecule has 0 bridgehead atoms. The summed E-state index contributed by atoms with van der Waals surface area (Å²) in [4.78, 5) is 0.213. The van der Waals surface area contributed by atoms with Gasteiger partial charge in [-0.1, -0.05) is 46.3 Å². The molecule has 2 nitrogen and oxygen atoms in total. The van der Waals surface area contributed by atoms with E-state index in [4.69, 9.17) is 0 Å². The van der Waals surface area contributed by atoms with Gasteiger partial charge in [0.1, 0.15) is 0 Å². The van der Waals surface area contributed by atoms with Gasteiger partial charge < -0.3 is 0 Å². The van der Waals surface area contributed by atoms with Crippen LogP contribution in [0.3, 0.4) is 0 Å². The fourth-order valence-electron chi connectivity index (χ4n) is 3.47. The summed E-state index contributed by atoms with van der Waals surface area (Å²) in [6.45, 7) is 0. The van der Waals surface area contributed by atoms with Crippen molar-refractivity contribution in [3.63, 3.8) is 0 Å². The maximum atomic E-state index is 13.3. The molecule has 1 fully saturated rings. The topological polar surface area (TPSA) is 34.1 Å². The molecule has 1 spiro atoms. The Morgan fingerprint density at radius 3 is 1.96 bits per heavy atom. The van der Waals surface area contributed by atoms with Gasteiger partial charge in [0.15, 0.2) is 9.84 Å². The first-order chi connectivity index (χ1) is 13.0. The molecule has 0 N–H and O–H groups in total. The summed E-state index contributed by atoms with van der Waals surface area (Å²) in [7, 11) is -3.31. The summed E-state index contributed by atoms with van der Waals surface area (Å²) in [5.41, 5.74) is 2.08. The molecule has 28 heavy (non-hydrogen) atoms. The summed E-state index contributed by atoms with van der Waals surface area (Å²) >= 11 is 2.99. The number of sulfone groups is 1. The molecule has 0 radical (unpaired) electrons. The molecule has 7 heteroatoms. The first-order valence-electron chi connectivity index (χ1n) is 8.62. The van der Waals surface area contributed by atoms with Crippen LogP contribution in [0.25, 0.3) is 11.1 Å². The van der Waals surface area contributed by atoms with Crippen molar-refractivity contribution >= 4 is 36.9 Å². The second-order valence-corrected chi connectivity index (χ2v) is 10.2. The molecule has 0 atom stereocenters. The van der Waals surface area contributed by atoms with E-state index in [0.29, 0.717) is 5.56 Å². The Morgan fingerprint density at radius 2 is 1.46 bits per heavy atom. The van der Waals surface area contributed by atoms with E-state index in [9.17, 15) is 21.6 Å². The van der Waals surface area contributed by atoms with Gasteiger partial charge in [0.05, 0.1) is 10.5 Å². The molecule has 0 aliphatic heterocycles. The van der Waals surface area contributed by atoms with Gasteiger partial charge in [0, 0.05) is 16.1 Å². The predicted octanol–water partition coefficient (Wildman–Crippen LogP) is 6.13. The molecule has 146 valence electrons. The van der Waals surface area contributed by atoms with Crippen molar-refractivity contribution in [3.05, 3.63) is 75.8 Å². The van der Waals surface area contributed by atoms with Crippen LogP contribution < -0.4 is 0 Å². The summed E-state index contributed by atoms with van der Waals surface area (Å²) < 4.78 is 63.4.